The summed E-state index contributed by atoms with van der Waals surface area (Å²) in [5.74, 6) is 0. The van der Waals surface area contributed by atoms with E-state index >= 15 is 0 Å². The minimum Gasteiger partial charge on any atom is -0.309 e. The van der Waals surface area contributed by atoms with Gasteiger partial charge < -0.3 is 4.57 Å². The van der Waals surface area contributed by atoms with Crippen LogP contribution in [0.1, 0.15) is 0 Å². The summed E-state index contributed by atoms with van der Waals surface area (Å²) in [6.45, 7) is 0. The number of nitrogens with zero attached hydrogens (tertiary/aromatic N) is 1. The van der Waals surface area contributed by atoms with Crippen LogP contribution in [0.3, 0.4) is 0 Å². The van der Waals surface area contributed by atoms with E-state index in [1.807, 2.05) is 11.3 Å². The SMILES string of the molecule is Bc1cc(-c2ccc3c(c2)c2ccccc2n3-c2ccccc2)cc2sc3ccccc3c12. The third-order valence-electron chi connectivity index (χ3n) is 6.70. The molecule has 2 heterocycles. The van der Waals surface area contributed by atoms with Gasteiger partial charge in [0.15, 0.2) is 0 Å². The summed E-state index contributed by atoms with van der Waals surface area (Å²) in [7, 11) is 2.24. The fourth-order valence-electron chi connectivity index (χ4n) is 5.24. The Labute approximate surface area is 196 Å². The van der Waals surface area contributed by atoms with Crippen molar-refractivity contribution in [2.75, 3.05) is 0 Å². The van der Waals surface area contributed by atoms with E-state index in [9.17, 15) is 0 Å². The predicted molar refractivity (Wildman–Crippen MR) is 147 cm³/mol. The zero-order valence-electron chi connectivity index (χ0n) is 18.2. The molecule has 0 unspecified atom stereocenters. The summed E-state index contributed by atoms with van der Waals surface area (Å²) >= 11 is 1.89. The second-order valence-electron chi connectivity index (χ2n) is 8.68. The molecule has 5 aromatic carbocycles. The van der Waals surface area contributed by atoms with Crippen molar-refractivity contribution in [1.82, 2.24) is 4.57 Å². The van der Waals surface area contributed by atoms with Gasteiger partial charge in [-0.15, -0.1) is 11.3 Å². The van der Waals surface area contributed by atoms with Crippen molar-refractivity contribution < 1.29 is 0 Å². The molecule has 7 aromatic rings. The van der Waals surface area contributed by atoms with Gasteiger partial charge in [-0.1, -0.05) is 72.2 Å². The highest BCUT2D eigenvalue weighted by Gasteiger charge is 2.14. The Morgan fingerprint density at radius 1 is 0.545 bits per heavy atom. The highest BCUT2D eigenvalue weighted by atomic mass is 32.1. The molecule has 0 saturated carbocycles. The minimum absolute atomic E-state index is 1.19. The standard InChI is InChI=1S/C30H20BNS/c31-25-17-20(18-29-30(25)23-11-5-7-13-28(23)33-29)19-14-15-27-24(16-19)22-10-4-6-12-26(22)32(27)21-8-2-1-3-9-21/h1-18H,31H2. The number of hydrogen-bond donors (Lipinski definition) is 0. The van der Waals surface area contributed by atoms with Crippen LogP contribution in [-0.2, 0) is 0 Å². The first-order valence-corrected chi connectivity index (χ1v) is 12.1. The predicted octanol–water partition coefficient (Wildman–Crippen LogP) is 7.08. The maximum absolute atomic E-state index is 2.37. The van der Waals surface area contributed by atoms with E-state index in [2.05, 4.69) is 122 Å². The average Bonchev–Trinajstić information content (AvgIpc) is 3.40. The van der Waals surface area contributed by atoms with Gasteiger partial charge in [0.05, 0.1) is 11.0 Å². The summed E-state index contributed by atoms with van der Waals surface area (Å²) < 4.78 is 5.08. The quantitative estimate of drug-likeness (QED) is 0.255. The van der Waals surface area contributed by atoms with Gasteiger partial charge in [0.25, 0.3) is 0 Å². The highest BCUT2D eigenvalue weighted by molar-refractivity contribution is 7.26. The Morgan fingerprint density at radius 3 is 2.15 bits per heavy atom. The zero-order valence-corrected chi connectivity index (χ0v) is 19.1. The number of aromatic nitrogens is 1. The minimum atomic E-state index is 1.19. The van der Waals surface area contributed by atoms with E-state index in [1.54, 1.807) is 0 Å². The maximum atomic E-state index is 2.37. The Kier molecular flexibility index (Phi) is 4.03. The molecule has 0 N–H and O–H groups in total. The van der Waals surface area contributed by atoms with Crippen molar-refractivity contribution >= 4 is 66.6 Å². The van der Waals surface area contributed by atoms with Crippen molar-refractivity contribution in [3.8, 4) is 16.8 Å². The van der Waals surface area contributed by atoms with Gasteiger partial charge >= 0.3 is 0 Å². The molecule has 0 spiro atoms. The molecule has 0 aliphatic carbocycles. The molecule has 154 valence electrons. The second kappa shape index (κ2) is 7.09. The molecule has 0 aliphatic heterocycles. The lowest BCUT2D eigenvalue weighted by atomic mass is 9.87. The first kappa shape index (κ1) is 18.7. The lowest BCUT2D eigenvalue weighted by molar-refractivity contribution is 1.18. The van der Waals surface area contributed by atoms with E-state index in [0.29, 0.717) is 0 Å². The fourth-order valence-corrected chi connectivity index (χ4v) is 6.46. The third kappa shape index (κ3) is 2.79. The molecule has 0 bridgehead atoms. The van der Waals surface area contributed by atoms with Crippen molar-refractivity contribution in [2.24, 2.45) is 0 Å². The number of hydrogen-bond acceptors (Lipinski definition) is 1. The van der Waals surface area contributed by atoms with Crippen LogP contribution in [0.5, 0.6) is 0 Å². The molecular weight excluding hydrogens is 417 g/mol. The number of para-hydroxylation sites is 2. The molecule has 3 heteroatoms. The zero-order chi connectivity index (χ0) is 21.9. The third-order valence-corrected chi connectivity index (χ3v) is 7.81. The van der Waals surface area contributed by atoms with Crippen LogP contribution in [0.25, 0.3) is 58.8 Å². The molecule has 0 radical (unpaired) electrons. The van der Waals surface area contributed by atoms with Gasteiger partial charge in [-0.05, 0) is 64.4 Å². The van der Waals surface area contributed by atoms with Gasteiger partial charge in [0.1, 0.15) is 7.85 Å². The normalized spacial score (nSPS) is 11.8. The highest BCUT2D eigenvalue weighted by Crippen LogP contribution is 2.37. The van der Waals surface area contributed by atoms with E-state index in [4.69, 9.17) is 0 Å². The molecule has 2 aromatic heterocycles. The summed E-state index contributed by atoms with van der Waals surface area (Å²) in [5.41, 5.74) is 7.56. The first-order valence-electron chi connectivity index (χ1n) is 11.3. The molecule has 0 aliphatic rings. The molecule has 0 atom stereocenters. The number of thiophene rings is 1. The molecule has 1 nitrogen and oxygen atoms in total. The molecule has 7 rings (SSSR count). The van der Waals surface area contributed by atoms with Crippen molar-refractivity contribution in [3.63, 3.8) is 0 Å². The van der Waals surface area contributed by atoms with Crippen LogP contribution in [0, 0.1) is 0 Å². The van der Waals surface area contributed by atoms with Crippen LogP contribution in [-0.4, -0.2) is 12.4 Å². The lowest BCUT2D eigenvalue weighted by Crippen LogP contribution is -2.03. The second-order valence-corrected chi connectivity index (χ2v) is 9.77. The van der Waals surface area contributed by atoms with Crippen molar-refractivity contribution in [2.45, 2.75) is 0 Å². The van der Waals surface area contributed by atoms with Crippen LogP contribution >= 0.6 is 11.3 Å². The Morgan fingerprint density at radius 2 is 1.27 bits per heavy atom. The van der Waals surface area contributed by atoms with Crippen LogP contribution in [0.15, 0.2) is 109 Å². The molecule has 0 fully saturated rings. The molecular formula is C30H20BNS. The van der Waals surface area contributed by atoms with E-state index < -0.39 is 0 Å². The summed E-state index contributed by atoms with van der Waals surface area (Å²) in [6.07, 6.45) is 0. The van der Waals surface area contributed by atoms with Crippen LogP contribution < -0.4 is 5.46 Å². The number of rotatable bonds is 2. The van der Waals surface area contributed by atoms with Gasteiger partial charge in [-0.2, -0.15) is 0 Å². The van der Waals surface area contributed by atoms with Gasteiger partial charge in [0, 0.05) is 25.9 Å². The Balaban J connectivity index is 1.49. The monoisotopic (exact) mass is 437 g/mol. The maximum Gasteiger partial charge on any atom is 0.140 e. The molecule has 0 amide bonds. The Hall–Kier alpha value is -3.82. The van der Waals surface area contributed by atoms with Crippen molar-refractivity contribution in [1.29, 1.82) is 0 Å². The lowest BCUT2D eigenvalue weighted by Gasteiger charge is -2.09. The largest absolute Gasteiger partial charge is 0.309 e. The summed E-state index contributed by atoms with van der Waals surface area (Å²) in [6, 6.07) is 39.7. The average molecular weight is 437 g/mol. The van der Waals surface area contributed by atoms with Gasteiger partial charge in [-0.25, -0.2) is 0 Å². The first-order chi connectivity index (χ1) is 16.3. The number of fused-ring (bicyclic) bond motifs is 6. The topological polar surface area (TPSA) is 4.93 Å². The van der Waals surface area contributed by atoms with Gasteiger partial charge in [-0.3, -0.25) is 0 Å². The smallest absolute Gasteiger partial charge is 0.140 e. The summed E-state index contributed by atoms with van der Waals surface area (Å²) in [5, 5.41) is 5.34. The number of benzene rings is 5. The molecule has 33 heavy (non-hydrogen) atoms. The summed E-state index contributed by atoms with van der Waals surface area (Å²) in [4.78, 5) is 0. The van der Waals surface area contributed by atoms with Gasteiger partial charge in [0.2, 0.25) is 0 Å². The van der Waals surface area contributed by atoms with Crippen LogP contribution in [0.4, 0.5) is 0 Å². The van der Waals surface area contributed by atoms with E-state index in [0.717, 1.165) is 0 Å². The van der Waals surface area contributed by atoms with Crippen molar-refractivity contribution in [3.05, 3.63) is 109 Å². The molecule has 0 saturated heterocycles. The fraction of sp³-hybridized carbons (Fsp3) is 0. The van der Waals surface area contributed by atoms with E-state index in [1.165, 1.54) is 64.3 Å². The van der Waals surface area contributed by atoms with Crippen LogP contribution in [0.2, 0.25) is 0 Å². The van der Waals surface area contributed by atoms with E-state index in [-0.39, 0.29) is 0 Å². The Bertz CT molecular complexity index is 1830.